The highest BCUT2D eigenvalue weighted by Gasteiger charge is 2.10. The van der Waals surface area contributed by atoms with Gasteiger partial charge in [-0.15, -0.1) is 0 Å². The van der Waals surface area contributed by atoms with Crippen LogP contribution in [0.4, 0.5) is 0 Å². The van der Waals surface area contributed by atoms with E-state index < -0.39 is 0 Å². The summed E-state index contributed by atoms with van der Waals surface area (Å²) in [7, 11) is 1.58. The van der Waals surface area contributed by atoms with Gasteiger partial charge in [0.25, 0.3) is 5.91 Å². The Morgan fingerprint density at radius 1 is 1.45 bits per heavy atom. The van der Waals surface area contributed by atoms with E-state index in [4.69, 9.17) is 9.15 Å². The van der Waals surface area contributed by atoms with Crippen molar-refractivity contribution in [3.8, 4) is 5.75 Å². The third kappa shape index (κ3) is 3.27. The van der Waals surface area contributed by atoms with Gasteiger partial charge in [-0.2, -0.15) is 5.10 Å². The lowest BCUT2D eigenvalue weighted by Crippen LogP contribution is -2.17. The van der Waals surface area contributed by atoms with Crippen LogP contribution in [0.1, 0.15) is 21.7 Å². The Morgan fingerprint density at radius 2 is 2.25 bits per heavy atom. The summed E-state index contributed by atoms with van der Waals surface area (Å²) in [5.41, 5.74) is 3.66. The van der Waals surface area contributed by atoms with E-state index in [1.165, 1.54) is 12.5 Å². The average Bonchev–Trinajstić information content (AvgIpc) is 2.85. The average molecular weight is 337 g/mol. The number of hydrogen-bond acceptors (Lipinski definition) is 4. The monoisotopic (exact) mass is 336 g/mol. The zero-order valence-corrected chi connectivity index (χ0v) is 12.6. The molecule has 1 amide bonds. The lowest BCUT2D eigenvalue weighted by atomic mass is 10.2. The highest BCUT2D eigenvalue weighted by Crippen LogP contribution is 2.21. The van der Waals surface area contributed by atoms with Crippen LogP contribution in [-0.4, -0.2) is 19.2 Å². The first-order valence-corrected chi connectivity index (χ1v) is 6.62. The van der Waals surface area contributed by atoms with Crippen molar-refractivity contribution in [1.82, 2.24) is 5.43 Å². The molecular formula is C14H13BrN2O3. The van der Waals surface area contributed by atoms with E-state index in [1.807, 2.05) is 18.2 Å². The molecule has 0 atom stereocenters. The molecule has 2 aromatic rings. The molecular weight excluding hydrogens is 324 g/mol. The molecule has 20 heavy (non-hydrogen) atoms. The van der Waals surface area contributed by atoms with Crippen molar-refractivity contribution >= 4 is 28.1 Å². The molecule has 0 aliphatic heterocycles. The summed E-state index contributed by atoms with van der Waals surface area (Å²) in [5, 5.41) is 3.92. The normalized spacial score (nSPS) is 10.8. The molecule has 1 heterocycles. The maximum atomic E-state index is 11.8. The number of benzene rings is 1. The summed E-state index contributed by atoms with van der Waals surface area (Å²) < 4.78 is 11.2. The number of furan rings is 1. The third-order valence-corrected chi connectivity index (χ3v) is 3.16. The number of carbonyl (C=O) groups is 1. The quantitative estimate of drug-likeness (QED) is 0.689. The summed E-state index contributed by atoms with van der Waals surface area (Å²) in [5.74, 6) is 0.907. The summed E-state index contributed by atoms with van der Waals surface area (Å²) in [6, 6.07) is 7.12. The van der Waals surface area contributed by atoms with Crippen LogP contribution in [0.3, 0.4) is 0 Å². The number of amides is 1. The lowest BCUT2D eigenvalue weighted by Gasteiger charge is -2.04. The molecule has 1 aromatic carbocycles. The van der Waals surface area contributed by atoms with Crippen molar-refractivity contribution in [1.29, 1.82) is 0 Å². The van der Waals surface area contributed by atoms with E-state index in [1.54, 1.807) is 20.1 Å². The van der Waals surface area contributed by atoms with Gasteiger partial charge in [-0.1, -0.05) is 15.9 Å². The number of methoxy groups -OCH3 is 1. The first-order valence-electron chi connectivity index (χ1n) is 5.83. The van der Waals surface area contributed by atoms with Gasteiger partial charge in [0, 0.05) is 10.0 Å². The molecule has 0 fully saturated rings. The van der Waals surface area contributed by atoms with Gasteiger partial charge in [0.1, 0.15) is 11.5 Å². The van der Waals surface area contributed by atoms with Crippen molar-refractivity contribution < 1.29 is 13.9 Å². The number of hydrazone groups is 1. The minimum absolute atomic E-state index is 0.318. The summed E-state index contributed by atoms with van der Waals surface area (Å²) in [4.78, 5) is 11.8. The van der Waals surface area contributed by atoms with E-state index in [2.05, 4.69) is 26.5 Å². The molecule has 1 N–H and O–H groups in total. The van der Waals surface area contributed by atoms with Crippen LogP contribution in [-0.2, 0) is 0 Å². The maximum absolute atomic E-state index is 11.8. The molecule has 5 nitrogen and oxygen atoms in total. The van der Waals surface area contributed by atoms with Crippen LogP contribution in [0.25, 0.3) is 0 Å². The number of nitrogens with zero attached hydrogens (tertiary/aromatic N) is 1. The molecule has 0 spiro atoms. The molecule has 0 saturated carbocycles. The lowest BCUT2D eigenvalue weighted by molar-refractivity contribution is 0.0953. The number of halogens is 1. The highest BCUT2D eigenvalue weighted by molar-refractivity contribution is 9.10. The molecule has 0 bridgehead atoms. The van der Waals surface area contributed by atoms with Gasteiger partial charge in [0.2, 0.25) is 0 Å². The maximum Gasteiger partial charge on any atom is 0.274 e. The fourth-order valence-corrected chi connectivity index (χ4v) is 2.03. The molecule has 0 saturated heterocycles. The van der Waals surface area contributed by atoms with Crippen LogP contribution in [0, 0.1) is 6.92 Å². The summed E-state index contributed by atoms with van der Waals surface area (Å²) >= 11 is 3.37. The number of aryl methyl sites for hydroxylation is 1. The molecule has 0 aliphatic rings. The number of rotatable bonds is 4. The molecule has 0 aliphatic carbocycles. The molecule has 104 valence electrons. The van der Waals surface area contributed by atoms with Crippen molar-refractivity contribution in [3.63, 3.8) is 0 Å². The number of carbonyl (C=O) groups excluding carboxylic acids is 1. The van der Waals surface area contributed by atoms with Crippen LogP contribution >= 0.6 is 15.9 Å². The molecule has 2 rings (SSSR count). The van der Waals surface area contributed by atoms with Gasteiger partial charge in [-0.05, 0) is 31.2 Å². The standard InChI is InChI=1S/C14H13BrN2O3/c1-9-12(5-6-20-9)14(18)17-16-8-10-7-11(15)3-4-13(10)19-2/h3-8H,1-2H3,(H,17,18). The van der Waals surface area contributed by atoms with Crippen molar-refractivity contribution in [2.75, 3.05) is 7.11 Å². The smallest absolute Gasteiger partial charge is 0.274 e. The Morgan fingerprint density at radius 3 is 2.90 bits per heavy atom. The number of nitrogens with one attached hydrogen (secondary N) is 1. The summed E-state index contributed by atoms with van der Waals surface area (Å²) in [6.07, 6.45) is 2.99. The number of hydrogen-bond donors (Lipinski definition) is 1. The molecule has 6 heteroatoms. The minimum atomic E-state index is -0.318. The molecule has 0 radical (unpaired) electrons. The first kappa shape index (κ1) is 14.3. The van der Waals surface area contributed by atoms with Crippen LogP contribution in [0.15, 0.2) is 44.5 Å². The topological polar surface area (TPSA) is 63.8 Å². The van der Waals surface area contributed by atoms with Gasteiger partial charge in [-0.3, -0.25) is 4.79 Å². The van der Waals surface area contributed by atoms with Crippen LogP contribution < -0.4 is 10.2 Å². The van der Waals surface area contributed by atoms with Gasteiger partial charge in [0.15, 0.2) is 0 Å². The second kappa shape index (κ2) is 6.38. The van der Waals surface area contributed by atoms with E-state index in [-0.39, 0.29) is 5.91 Å². The fraction of sp³-hybridized carbons (Fsp3) is 0.143. The third-order valence-electron chi connectivity index (χ3n) is 2.66. The van der Waals surface area contributed by atoms with Crippen molar-refractivity contribution in [3.05, 3.63) is 51.9 Å². The second-order valence-electron chi connectivity index (χ2n) is 3.98. The Balaban J connectivity index is 2.09. The Labute approximate surface area is 124 Å². The van der Waals surface area contributed by atoms with Crippen LogP contribution in [0.5, 0.6) is 5.75 Å². The Bertz CT molecular complexity index is 650. The minimum Gasteiger partial charge on any atom is -0.496 e. The Kier molecular flexibility index (Phi) is 4.57. The predicted molar refractivity (Wildman–Crippen MR) is 79.2 cm³/mol. The predicted octanol–water partition coefficient (Wildman–Crippen LogP) is 3.12. The zero-order chi connectivity index (χ0) is 14.5. The van der Waals surface area contributed by atoms with E-state index in [9.17, 15) is 4.79 Å². The van der Waals surface area contributed by atoms with E-state index >= 15 is 0 Å². The van der Waals surface area contributed by atoms with Crippen LogP contribution in [0.2, 0.25) is 0 Å². The van der Waals surface area contributed by atoms with Crippen molar-refractivity contribution in [2.45, 2.75) is 6.92 Å². The van der Waals surface area contributed by atoms with Gasteiger partial charge in [0.05, 0.1) is 25.2 Å². The highest BCUT2D eigenvalue weighted by atomic mass is 79.9. The first-order chi connectivity index (χ1) is 9.61. The van der Waals surface area contributed by atoms with E-state index in [0.717, 1.165) is 10.0 Å². The van der Waals surface area contributed by atoms with Crippen molar-refractivity contribution in [2.24, 2.45) is 5.10 Å². The second-order valence-corrected chi connectivity index (χ2v) is 4.89. The molecule has 1 aromatic heterocycles. The van der Waals surface area contributed by atoms with Gasteiger partial charge >= 0.3 is 0 Å². The SMILES string of the molecule is COc1ccc(Br)cc1C=NNC(=O)c1ccoc1C. The Hall–Kier alpha value is -2.08. The fourth-order valence-electron chi connectivity index (χ4n) is 1.65. The van der Waals surface area contributed by atoms with E-state index in [0.29, 0.717) is 17.1 Å². The largest absolute Gasteiger partial charge is 0.496 e. The summed E-state index contributed by atoms with van der Waals surface area (Å²) in [6.45, 7) is 1.72. The molecule has 0 unspecified atom stereocenters. The number of ether oxygens (including phenoxy) is 1. The van der Waals surface area contributed by atoms with Gasteiger partial charge < -0.3 is 9.15 Å². The zero-order valence-electron chi connectivity index (χ0n) is 11.0. The van der Waals surface area contributed by atoms with Gasteiger partial charge in [-0.25, -0.2) is 5.43 Å².